The second-order valence-corrected chi connectivity index (χ2v) is 6.15. The van der Waals surface area contributed by atoms with Crippen LogP contribution in [-0.2, 0) is 19.6 Å². The minimum atomic E-state index is -0.187. The number of rotatable bonds is 3. The van der Waals surface area contributed by atoms with Crippen molar-refractivity contribution in [3.8, 4) is 11.4 Å². The molecule has 1 aromatic carbocycles. The molecule has 122 valence electrons. The van der Waals surface area contributed by atoms with Gasteiger partial charge in [-0.1, -0.05) is 18.2 Å². The van der Waals surface area contributed by atoms with Crippen LogP contribution >= 0.6 is 0 Å². The van der Waals surface area contributed by atoms with Crippen LogP contribution < -0.4 is 0 Å². The smallest absolute Gasteiger partial charge is 0.123 e. The number of nitrogens with zero attached hydrogens (tertiary/aromatic N) is 4. The van der Waals surface area contributed by atoms with Crippen LogP contribution in [0.3, 0.4) is 0 Å². The molecule has 24 heavy (non-hydrogen) atoms. The number of aromatic nitrogens is 3. The summed E-state index contributed by atoms with van der Waals surface area (Å²) in [6, 6.07) is 14.8. The lowest BCUT2D eigenvalue weighted by Gasteiger charge is -2.19. The topological polar surface area (TPSA) is 34.0 Å². The van der Waals surface area contributed by atoms with Crippen molar-refractivity contribution in [3.63, 3.8) is 0 Å². The van der Waals surface area contributed by atoms with Gasteiger partial charge in [0.25, 0.3) is 0 Å². The highest BCUT2D eigenvalue weighted by Crippen LogP contribution is 2.21. The van der Waals surface area contributed by atoms with Gasteiger partial charge in [-0.15, -0.1) is 0 Å². The molecule has 0 bridgehead atoms. The van der Waals surface area contributed by atoms with E-state index < -0.39 is 0 Å². The first-order valence-corrected chi connectivity index (χ1v) is 8.23. The molecule has 5 heteroatoms. The van der Waals surface area contributed by atoms with Crippen LogP contribution in [0.25, 0.3) is 11.4 Å². The number of aryl methyl sites for hydroxylation is 1. The molecule has 1 aliphatic heterocycles. The van der Waals surface area contributed by atoms with Crippen molar-refractivity contribution in [2.24, 2.45) is 0 Å². The molecule has 0 atom stereocenters. The van der Waals surface area contributed by atoms with Gasteiger partial charge < -0.3 is 0 Å². The molecule has 0 unspecified atom stereocenters. The largest absolute Gasteiger partial charge is 0.293 e. The maximum Gasteiger partial charge on any atom is 0.123 e. The summed E-state index contributed by atoms with van der Waals surface area (Å²) in [6.07, 6.45) is 2.85. The predicted molar refractivity (Wildman–Crippen MR) is 90.6 cm³/mol. The van der Waals surface area contributed by atoms with E-state index >= 15 is 0 Å². The standard InChI is InChI=1S/C19H19FN4/c20-16-7-5-15(6-8-16)13-23-10-3-11-24-17(14-23)12-19(22-24)18-4-1-2-9-21-18/h1-2,4-9,12H,3,10-11,13-14H2. The van der Waals surface area contributed by atoms with Gasteiger partial charge in [-0.3, -0.25) is 14.6 Å². The number of hydrogen-bond donors (Lipinski definition) is 0. The molecule has 3 heterocycles. The molecule has 0 N–H and O–H groups in total. The van der Waals surface area contributed by atoms with Crippen molar-refractivity contribution in [1.29, 1.82) is 0 Å². The molecule has 0 aliphatic carbocycles. The zero-order chi connectivity index (χ0) is 16.4. The monoisotopic (exact) mass is 322 g/mol. The minimum Gasteiger partial charge on any atom is -0.293 e. The minimum absolute atomic E-state index is 0.187. The fraction of sp³-hybridized carbons (Fsp3) is 0.263. The second kappa shape index (κ2) is 6.53. The molecule has 4 rings (SSSR count). The van der Waals surface area contributed by atoms with Crippen molar-refractivity contribution in [2.45, 2.75) is 26.1 Å². The quantitative estimate of drug-likeness (QED) is 0.740. The Morgan fingerprint density at radius 3 is 2.67 bits per heavy atom. The van der Waals surface area contributed by atoms with Gasteiger partial charge in [-0.25, -0.2) is 4.39 Å². The first kappa shape index (κ1) is 15.0. The van der Waals surface area contributed by atoms with Gasteiger partial charge in [0.05, 0.1) is 11.4 Å². The lowest BCUT2D eigenvalue weighted by atomic mass is 10.2. The van der Waals surface area contributed by atoms with Crippen LogP contribution in [0.15, 0.2) is 54.7 Å². The van der Waals surface area contributed by atoms with E-state index in [1.807, 2.05) is 30.3 Å². The number of fused-ring (bicyclic) bond motifs is 1. The summed E-state index contributed by atoms with van der Waals surface area (Å²) >= 11 is 0. The van der Waals surface area contributed by atoms with E-state index in [-0.39, 0.29) is 5.82 Å². The zero-order valence-corrected chi connectivity index (χ0v) is 13.4. The highest BCUT2D eigenvalue weighted by molar-refractivity contribution is 5.54. The van der Waals surface area contributed by atoms with Crippen LogP contribution in [0, 0.1) is 5.82 Å². The highest BCUT2D eigenvalue weighted by Gasteiger charge is 2.17. The summed E-state index contributed by atoms with van der Waals surface area (Å²) in [5, 5.41) is 4.71. The lowest BCUT2D eigenvalue weighted by molar-refractivity contribution is 0.261. The predicted octanol–water partition coefficient (Wildman–Crippen LogP) is 3.49. The van der Waals surface area contributed by atoms with Crippen molar-refractivity contribution in [2.75, 3.05) is 6.54 Å². The van der Waals surface area contributed by atoms with Gasteiger partial charge >= 0.3 is 0 Å². The molecular weight excluding hydrogens is 303 g/mol. The van der Waals surface area contributed by atoms with Crippen LogP contribution in [-0.4, -0.2) is 26.2 Å². The van der Waals surface area contributed by atoms with E-state index in [0.29, 0.717) is 0 Å². The van der Waals surface area contributed by atoms with Crippen molar-refractivity contribution in [3.05, 3.63) is 71.8 Å². The van der Waals surface area contributed by atoms with E-state index in [2.05, 4.69) is 20.6 Å². The van der Waals surface area contributed by atoms with E-state index in [9.17, 15) is 4.39 Å². The average Bonchev–Trinajstić information content (AvgIpc) is 2.91. The van der Waals surface area contributed by atoms with Gasteiger partial charge in [-0.05, 0) is 42.3 Å². The summed E-state index contributed by atoms with van der Waals surface area (Å²) < 4.78 is 15.2. The third-order valence-electron chi connectivity index (χ3n) is 4.34. The number of benzene rings is 1. The van der Waals surface area contributed by atoms with Crippen LogP contribution in [0.1, 0.15) is 17.7 Å². The molecule has 0 fully saturated rings. The van der Waals surface area contributed by atoms with Crippen molar-refractivity contribution < 1.29 is 4.39 Å². The Kier molecular flexibility index (Phi) is 4.09. The fourth-order valence-corrected chi connectivity index (χ4v) is 3.15. The Bertz CT molecular complexity index is 811. The van der Waals surface area contributed by atoms with E-state index in [0.717, 1.165) is 49.6 Å². The lowest BCUT2D eigenvalue weighted by Crippen LogP contribution is -2.22. The van der Waals surface area contributed by atoms with Crippen LogP contribution in [0.2, 0.25) is 0 Å². The summed E-state index contributed by atoms with van der Waals surface area (Å²) in [5.41, 5.74) is 4.17. The summed E-state index contributed by atoms with van der Waals surface area (Å²) in [4.78, 5) is 6.77. The Labute approximate surface area is 140 Å². The molecular formula is C19H19FN4. The summed E-state index contributed by atoms with van der Waals surface area (Å²) in [5.74, 6) is -0.187. The van der Waals surface area contributed by atoms with Gasteiger partial charge in [0.1, 0.15) is 11.5 Å². The van der Waals surface area contributed by atoms with Crippen LogP contribution in [0.4, 0.5) is 4.39 Å². The SMILES string of the molecule is Fc1ccc(CN2CCCn3nc(-c4ccccn4)cc3C2)cc1. The Morgan fingerprint density at radius 2 is 1.88 bits per heavy atom. The third kappa shape index (κ3) is 3.21. The highest BCUT2D eigenvalue weighted by atomic mass is 19.1. The maximum atomic E-state index is 13.1. The van der Waals surface area contributed by atoms with Gasteiger partial charge in [0.15, 0.2) is 0 Å². The molecule has 2 aromatic heterocycles. The number of pyridine rings is 1. The van der Waals surface area contributed by atoms with Crippen LogP contribution in [0.5, 0.6) is 0 Å². The molecule has 3 aromatic rings. The Hall–Kier alpha value is -2.53. The third-order valence-corrected chi connectivity index (χ3v) is 4.34. The number of halogens is 1. The van der Waals surface area contributed by atoms with Gasteiger partial charge in [-0.2, -0.15) is 5.10 Å². The second-order valence-electron chi connectivity index (χ2n) is 6.15. The Balaban J connectivity index is 1.54. The zero-order valence-electron chi connectivity index (χ0n) is 13.4. The molecule has 0 amide bonds. The normalized spacial score (nSPS) is 15.0. The van der Waals surface area contributed by atoms with E-state index in [4.69, 9.17) is 5.10 Å². The fourth-order valence-electron chi connectivity index (χ4n) is 3.15. The van der Waals surface area contributed by atoms with Crippen molar-refractivity contribution >= 4 is 0 Å². The number of hydrogen-bond acceptors (Lipinski definition) is 3. The van der Waals surface area contributed by atoms with Gasteiger partial charge in [0, 0.05) is 32.4 Å². The molecule has 0 saturated heterocycles. The molecule has 1 aliphatic rings. The molecule has 0 saturated carbocycles. The summed E-state index contributed by atoms with van der Waals surface area (Å²) in [6.45, 7) is 3.60. The van der Waals surface area contributed by atoms with E-state index in [1.54, 1.807) is 6.20 Å². The molecule has 0 spiro atoms. The summed E-state index contributed by atoms with van der Waals surface area (Å²) in [7, 11) is 0. The first-order valence-electron chi connectivity index (χ1n) is 8.23. The molecule has 4 nitrogen and oxygen atoms in total. The molecule has 0 radical (unpaired) electrons. The van der Waals surface area contributed by atoms with Crippen molar-refractivity contribution in [1.82, 2.24) is 19.7 Å². The first-order chi connectivity index (χ1) is 11.8. The maximum absolute atomic E-state index is 13.1. The Morgan fingerprint density at radius 1 is 1.00 bits per heavy atom. The van der Waals surface area contributed by atoms with Gasteiger partial charge in [0.2, 0.25) is 0 Å². The van der Waals surface area contributed by atoms with E-state index in [1.165, 1.54) is 17.8 Å². The average molecular weight is 322 g/mol.